The van der Waals surface area contributed by atoms with Crippen molar-refractivity contribution < 1.29 is 0 Å². The third-order valence-electron chi connectivity index (χ3n) is 4.11. The molecule has 1 aliphatic rings. The zero-order valence-corrected chi connectivity index (χ0v) is 12.3. The van der Waals surface area contributed by atoms with Crippen LogP contribution < -0.4 is 10.9 Å². The van der Waals surface area contributed by atoms with Gasteiger partial charge in [-0.2, -0.15) is 0 Å². The molecule has 1 aromatic heterocycles. The van der Waals surface area contributed by atoms with Crippen LogP contribution in [-0.4, -0.2) is 15.5 Å². The molecule has 0 aliphatic heterocycles. The molecule has 106 valence electrons. The van der Waals surface area contributed by atoms with Gasteiger partial charge in [-0.15, -0.1) is 0 Å². The van der Waals surface area contributed by atoms with Gasteiger partial charge in [0, 0.05) is 10.6 Å². The number of halogens is 1. The average molecular weight is 292 g/mol. The summed E-state index contributed by atoms with van der Waals surface area (Å²) in [5, 5.41) is 4.68. The Morgan fingerprint density at radius 2 is 2.15 bits per heavy atom. The van der Waals surface area contributed by atoms with E-state index in [0.29, 0.717) is 28.3 Å². The quantitative estimate of drug-likeness (QED) is 0.914. The van der Waals surface area contributed by atoms with Crippen LogP contribution in [0.4, 0.5) is 0 Å². The first-order valence-corrected chi connectivity index (χ1v) is 7.37. The third-order valence-corrected chi connectivity index (χ3v) is 4.34. The predicted octanol–water partition coefficient (Wildman–Crippen LogP) is 3.00. The van der Waals surface area contributed by atoms with Gasteiger partial charge in [-0.1, -0.05) is 24.4 Å². The van der Waals surface area contributed by atoms with E-state index in [9.17, 15) is 4.79 Å². The standard InChI is InChI=1S/C15H18ClN3O/c1-15(6-2-3-7-15)17-9-13-18-12-8-10(16)4-5-11(12)14(20)19-13/h4-5,8,17H,2-3,6-7,9H2,1H3,(H,18,19,20). The largest absolute Gasteiger partial charge is 0.309 e. The Kier molecular flexibility index (Phi) is 3.52. The van der Waals surface area contributed by atoms with Gasteiger partial charge in [0.05, 0.1) is 17.4 Å². The molecule has 0 bridgehead atoms. The molecule has 3 rings (SSSR count). The molecule has 1 saturated carbocycles. The number of aromatic amines is 1. The summed E-state index contributed by atoms with van der Waals surface area (Å²) in [5.41, 5.74) is 0.705. The molecule has 1 fully saturated rings. The number of hydrogen-bond acceptors (Lipinski definition) is 3. The Balaban J connectivity index is 1.86. The predicted molar refractivity (Wildman–Crippen MR) is 81.1 cm³/mol. The second kappa shape index (κ2) is 5.19. The van der Waals surface area contributed by atoms with Crippen LogP contribution in [0.5, 0.6) is 0 Å². The highest BCUT2D eigenvalue weighted by atomic mass is 35.5. The third kappa shape index (κ3) is 2.72. The van der Waals surface area contributed by atoms with Crippen molar-refractivity contribution >= 4 is 22.5 Å². The Hall–Kier alpha value is -1.39. The second-order valence-electron chi connectivity index (χ2n) is 5.80. The van der Waals surface area contributed by atoms with Gasteiger partial charge in [-0.3, -0.25) is 4.79 Å². The smallest absolute Gasteiger partial charge is 0.258 e. The van der Waals surface area contributed by atoms with E-state index in [-0.39, 0.29) is 11.1 Å². The molecule has 1 aliphatic carbocycles. The lowest BCUT2D eigenvalue weighted by molar-refractivity contribution is 0.358. The van der Waals surface area contributed by atoms with Crippen LogP contribution in [0, 0.1) is 0 Å². The van der Waals surface area contributed by atoms with E-state index in [2.05, 4.69) is 22.2 Å². The van der Waals surface area contributed by atoms with Crippen molar-refractivity contribution in [1.29, 1.82) is 0 Å². The number of nitrogens with one attached hydrogen (secondary N) is 2. The molecule has 4 nitrogen and oxygen atoms in total. The normalized spacial score (nSPS) is 17.7. The van der Waals surface area contributed by atoms with E-state index in [1.165, 1.54) is 25.7 Å². The van der Waals surface area contributed by atoms with Crippen LogP contribution in [-0.2, 0) is 6.54 Å². The molecule has 0 saturated heterocycles. The molecule has 2 N–H and O–H groups in total. The number of rotatable bonds is 3. The minimum absolute atomic E-state index is 0.111. The van der Waals surface area contributed by atoms with Gasteiger partial charge >= 0.3 is 0 Å². The Labute approximate surface area is 122 Å². The number of nitrogens with zero attached hydrogens (tertiary/aromatic N) is 1. The minimum atomic E-state index is -0.111. The molecule has 1 aromatic carbocycles. The molecule has 0 spiro atoms. The van der Waals surface area contributed by atoms with Crippen LogP contribution in [0.25, 0.3) is 10.9 Å². The van der Waals surface area contributed by atoms with Crippen molar-refractivity contribution in [2.24, 2.45) is 0 Å². The summed E-state index contributed by atoms with van der Waals surface area (Å²) in [7, 11) is 0. The van der Waals surface area contributed by atoms with E-state index in [0.717, 1.165) is 0 Å². The maximum absolute atomic E-state index is 12.0. The van der Waals surface area contributed by atoms with Crippen molar-refractivity contribution in [3.8, 4) is 0 Å². The summed E-state index contributed by atoms with van der Waals surface area (Å²) in [4.78, 5) is 19.3. The summed E-state index contributed by atoms with van der Waals surface area (Å²) in [6, 6.07) is 5.14. The number of hydrogen-bond donors (Lipinski definition) is 2. The van der Waals surface area contributed by atoms with Gasteiger partial charge in [-0.05, 0) is 38.0 Å². The summed E-state index contributed by atoms with van der Waals surface area (Å²) in [5.74, 6) is 0.665. The number of fused-ring (bicyclic) bond motifs is 1. The van der Waals surface area contributed by atoms with Crippen molar-refractivity contribution in [1.82, 2.24) is 15.3 Å². The van der Waals surface area contributed by atoms with E-state index < -0.39 is 0 Å². The summed E-state index contributed by atoms with van der Waals surface area (Å²) in [6.07, 6.45) is 4.88. The molecule has 0 amide bonds. The van der Waals surface area contributed by atoms with Crippen LogP contribution >= 0.6 is 11.6 Å². The van der Waals surface area contributed by atoms with E-state index in [1.54, 1.807) is 18.2 Å². The van der Waals surface area contributed by atoms with Gasteiger partial charge in [0.2, 0.25) is 0 Å². The molecular weight excluding hydrogens is 274 g/mol. The topological polar surface area (TPSA) is 57.8 Å². The molecule has 2 aromatic rings. The van der Waals surface area contributed by atoms with Gasteiger partial charge < -0.3 is 10.3 Å². The zero-order chi connectivity index (χ0) is 14.2. The number of benzene rings is 1. The Morgan fingerprint density at radius 1 is 1.40 bits per heavy atom. The van der Waals surface area contributed by atoms with Crippen LogP contribution in [0.2, 0.25) is 5.02 Å². The minimum Gasteiger partial charge on any atom is -0.309 e. The van der Waals surface area contributed by atoms with E-state index in [4.69, 9.17) is 11.6 Å². The van der Waals surface area contributed by atoms with Gasteiger partial charge in [0.15, 0.2) is 0 Å². The molecule has 0 atom stereocenters. The first-order valence-electron chi connectivity index (χ1n) is 6.99. The Morgan fingerprint density at radius 3 is 2.90 bits per heavy atom. The fraction of sp³-hybridized carbons (Fsp3) is 0.467. The van der Waals surface area contributed by atoms with Crippen LogP contribution in [0.1, 0.15) is 38.4 Å². The molecular formula is C15H18ClN3O. The first kappa shape index (κ1) is 13.6. The van der Waals surface area contributed by atoms with Gasteiger partial charge in [0.1, 0.15) is 5.82 Å². The van der Waals surface area contributed by atoms with E-state index >= 15 is 0 Å². The maximum atomic E-state index is 12.0. The van der Waals surface area contributed by atoms with Crippen LogP contribution in [0.3, 0.4) is 0 Å². The lowest BCUT2D eigenvalue weighted by atomic mass is 10.0. The lowest BCUT2D eigenvalue weighted by Crippen LogP contribution is -2.39. The summed E-state index contributed by atoms with van der Waals surface area (Å²) >= 11 is 5.96. The average Bonchev–Trinajstić information content (AvgIpc) is 2.83. The van der Waals surface area contributed by atoms with E-state index in [1.807, 2.05) is 0 Å². The van der Waals surface area contributed by atoms with Crippen molar-refractivity contribution in [3.05, 3.63) is 39.4 Å². The zero-order valence-electron chi connectivity index (χ0n) is 11.5. The highest BCUT2D eigenvalue weighted by molar-refractivity contribution is 6.31. The first-order chi connectivity index (χ1) is 9.56. The van der Waals surface area contributed by atoms with Crippen molar-refractivity contribution in [3.63, 3.8) is 0 Å². The Bertz CT molecular complexity index is 689. The van der Waals surface area contributed by atoms with Crippen molar-refractivity contribution in [2.45, 2.75) is 44.7 Å². The molecule has 1 heterocycles. The molecule has 20 heavy (non-hydrogen) atoms. The fourth-order valence-corrected chi connectivity index (χ4v) is 3.04. The van der Waals surface area contributed by atoms with Gasteiger partial charge in [0.25, 0.3) is 5.56 Å². The SMILES string of the molecule is CC1(NCc2nc3cc(Cl)ccc3c(=O)[nH]2)CCCC1. The number of aromatic nitrogens is 2. The number of H-pyrrole nitrogens is 1. The second-order valence-corrected chi connectivity index (χ2v) is 6.23. The summed E-state index contributed by atoms with van der Waals surface area (Å²) < 4.78 is 0. The summed E-state index contributed by atoms with van der Waals surface area (Å²) in [6.45, 7) is 2.81. The molecule has 0 radical (unpaired) electrons. The molecule has 0 unspecified atom stereocenters. The molecule has 5 heteroatoms. The highest BCUT2D eigenvalue weighted by Gasteiger charge is 2.27. The van der Waals surface area contributed by atoms with Crippen LogP contribution in [0.15, 0.2) is 23.0 Å². The van der Waals surface area contributed by atoms with Crippen molar-refractivity contribution in [2.75, 3.05) is 0 Å². The highest BCUT2D eigenvalue weighted by Crippen LogP contribution is 2.29. The lowest BCUT2D eigenvalue weighted by Gasteiger charge is -2.25. The monoisotopic (exact) mass is 291 g/mol. The fourth-order valence-electron chi connectivity index (χ4n) is 2.87. The maximum Gasteiger partial charge on any atom is 0.258 e. The van der Waals surface area contributed by atoms with Gasteiger partial charge in [-0.25, -0.2) is 4.98 Å².